The summed E-state index contributed by atoms with van der Waals surface area (Å²) in [5.74, 6) is 2.67. The number of hydrogen-bond acceptors (Lipinski definition) is 3. The second kappa shape index (κ2) is 3.95. The third kappa shape index (κ3) is 2.19. The van der Waals surface area contributed by atoms with E-state index in [2.05, 4.69) is 49.8 Å². The van der Waals surface area contributed by atoms with E-state index in [0.29, 0.717) is 11.6 Å². The fourth-order valence-electron chi connectivity index (χ4n) is 2.75. The van der Waals surface area contributed by atoms with Gasteiger partial charge in [0, 0.05) is 31.2 Å². The Morgan fingerprint density at radius 2 is 1.88 bits per heavy atom. The van der Waals surface area contributed by atoms with Gasteiger partial charge in [-0.15, -0.1) is 0 Å². The molecule has 3 heteroatoms. The van der Waals surface area contributed by atoms with Crippen molar-refractivity contribution in [2.75, 3.05) is 19.6 Å². The summed E-state index contributed by atoms with van der Waals surface area (Å²) in [6, 6.07) is 0.671. The highest BCUT2D eigenvalue weighted by Crippen LogP contribution is 2.47. The SMILES string of the molecule is C=C(NCC)NC1C2CN(C(C)(C)C)CC21. The molecule has 1 saturated carbocycles. The average molecular weight is 223 g/mol. The largest absolute Gasteiger partial charge is 0.373 e. The van der Waals surface area contributed by atoms with Crippen molar-refractivity contribution in [3.05, 3.63) is 12.4 Å². The molecule has 2 unspecified atom stereocenters. The summed E-state index contributed by atoms with van der Waals surface area (Å²) in [6.07, 6.45) is 0. The quantitative estimate of drug-likeness (QED) is 0.754. The molecule has 2 rings (SSSR count). The zero-order chi connectivity index (χ0) is 11.9. The fourth-order valence-corrected chi connectivity index (χ4v) is 2.75. The zero-order valence-electron chi connectivity index (χ0n) is 11.0. The van der Waals surface area contributed by atoms with Gasteiger partial charge in [0.2, 0.25) is 0 Å². The van der Waals surface area contributed by atoms with Crippen LogP contribution in [0.15, 0.2) is 12.4 Å². The number of fused-ring (bicyclic) bond motifs is 1. The molecule has 2 aliphatic rings. The predicted molar refractivity (Wildman–Crippen MR) is 68.0 cm³/mol. The van der Waals surface area contributed by atoms with Crippen LogP contribution in [0.1, 0.15) is 27.7 Å². The minimum absolute atomic E-state index is 0.330. The average Bonchev–Trinajstić information content (AvgIpc) is 2.59. The first-order chi connectivity index (χ1) is 7.43. The van der Waals surface area contributed by atoms with Crippen LogP contribution in [0.25, 0.3) is 0 Å². The minimum atomic E-state index is 0.330. The molecule has 0 aromatic heterocycles. The lowest BCUT2D eigenvalue weighted by Gasteiger charge is -2.33. The number of hydrogen-bond donors (Lipinski definition) is 2. The molecule has 3 nitrogen and oxygen atoms in total. The molecule has 16 heavy (non-hydrogen) atoms. The van der Waals surface area contributed by atoms with Gasteiger partial charge in [0.1, 0.15) is 0 Å². The van der Waals surface area contributed by atoms with Crippen molar-refractivity contribution in [3.8, 4) is 0 Å². The summed E-state index contributed by atoms with van der Waals surface area (Å²) in [6.45, 7) is 16.4. The Morgan fingerprint density at radius 1 is 1.31 bits per heavy atom. The molecule has 1 aliphatic carbocycles. The Balaban J connectivity index is 1.77. The van der Waals surface area contributed by atoms with E-state index in [1.54, 1.807) is 0 Å². The first-order valence-electron chi connectivity index (χ1n) is 6.38. The van der Waals surface area contributed by atoms with Crippen LogP contribution in [-0.4, -0.2) is 36.1 Å². The summed E-state index contributed by atoms with van der Waals surface area (Å²) < 4.78 is 0. The summed E-state index contributed by atoms with van der Waals surface area (Å²) >= 11 is 0. The van der Waals surface area contributed by atoms with E-state index in [9.17, 15) is 0 Å². The normalized spacial score (nSPS) is 33.4. The van der Waals surface area contributed by atoms with Crippen molar-refractivity contribution in [1.29, 1.82) is 0 Å². The van der Waals surface area contributed by atoms with Crippen molar-refractivity contribution in [1.82, 2.24) is 15.5 Å². The molecule has 2 atom stereocenters. The highest BCUT2D eigenvalue weighted by atomic mass is 15.3. The van der Waals surface area contributed by atoms with Crippen molar-refractivity contribution >= 4 is 0 Å². The van der Waals surface area contributed by atoms with E-state index in [1.807, 2.05) is 0 Å². The zero-order valence-corrected chi connectivity index (χ0v) is 11.0. The van der Waals surface area contributed by atoms with Crippen LogP contribution < -0.4 is 10.6 Å². The summed E-state index contributed by atoms with van der Waals surface area (Å²) in [4.78, 5) is 2.59. The lowest BCUT2D eigenvalue weighted by Crippen LogP contribution is -2.43. The number of likely N-dealkylation sites (tertiary alicyclic amines) is 1. The first-order valence-corrected chi connectivity index (χ1v) is 6.38. The highest BCUT2D eigenvalue weighted by molar-refractivity contribution is 5.14. The maximum Gasteiger partial charge on any atom is 0.0914 e. The van der Waals surface area contributed by atoms with Gasteiger partial charge in [0.25, 0.3) is 0 Å². The van der Waals surface area contributed by atoms with Crippen LogP contribution in [0.3, 0.4) is 0 Å². The van der Waals surface area contributed by atoms with Gasteiger partial charge in [-0.2, -0.15) is 0 Å². The molecule has 1 aliphatic heterocycles. The third-order valence-electron chi connectivity index (χ3n) is 3.87. The Hall–Kier alpha value is -0.700. The van der Waals surface area contributed by atoms with Crippen LogP contribution in [0.5, 0.6) is 0 Å². The molecule has 0 amide bonds. The molecule has 0 spiro atoms. The smallest absolute Gasteiger partial charge is 0.0914 e. The highest BCUT2D eigenvalue weighted by Gasteiger charge is 2.57. The molecular formula is C13H25N3. The van der Waals surface area contributed by atoms with Crippen LogP contribution in [0.2, 0.25) is 0 Å². The van der Waals surface area contributed by atoms with Crippen molar-refractivity contribution in [3.63, 3.8) is 0 Å². The second-order valence-corrected chi connectivity index (χ2v) is 6.08. The topological polar surface area (TPSA) is 27.3 Å². The van der Waals surface area contributed by atoms with E-state index in [0.717, 1.165) is 24.2 Å². The molecule has 2 fully saturated rings. The molecule has 0 bridgehead atoms. The van der Waals surface area contributed by atoms with E-state index in [1.165, 1.54) is 13.1 Å². The van der Waals surface area contributed by atoms with Crippen molar-refractivity contribution in [2.24, 2.45) is 11.8 Å². The number of rotatable bonds is 4. The summed E-state index contributed by atoms with van der Waals surface area (Å²) in [5, 5.41) is 6.72. The molecule has 92 valence electrons. The molecular weight excluding hydrogens is 198 g/mol. The van der Waals surface area contributed by atoms with Crippen LogP contribution in [0.4, 0.5) is 0 Å². The standard InChI is InChI=1S/C13H25N3/c1-6-14-9(2)15-12-10-7-16(8-11(10)12)13(3,4)5/h10-12,14-15H,2,6-8H2,1,3-5H3. The van der Waals surface area contributed by atoms with Crippen LogP contribution in [-0.2, 0) is 0 Å². The molecule has 0 aromatic carbocycles. The molecule has 0 aromatic rings. The van der Waals surface area contributed by atoms with Crippen LogP contribution in [0, 0.1) is 11.8 Å². The van der Waals surface area contributed by atoms with Gasteiger partial charge in [-0.1, -0.05) is 6.58 Å². The Morgan fingerprint density at radius 3 is 2.31 bits per heavy atom. The van der Waals surface area contributed by atoms with Crippen LogP contribution >= 0.6 is 0 Å². The Labute approximate surface area is 99.3 Å². The molecule has 1 heterocycles. The number of piperidine rings is 1. The maximum atomic E-state index is 3.98. The lowest BCUT2D eigenvalue weighted by molar-refractivity contribution is 0.151. The van der Waals surface area contributed by atoms with Crippen molar-refractivity contribution < 1.29 is 0 Å². The number of nitrogens with one attached hydrogen (secondary N) is 2. The Kier molecular flexibility index (Phi) is 2.91. The van der Waals surface area contributed by atoms with Gasteiger partial charge in [-0.25, -0.2) is 0 Å². The third-order valence-corrected chi connectivity index (χ3v) is 3.87. The second-order valence-electron chi connectivity index (χ2n) is 6.08. The predicted octanol–water partition coefficient (Wildman–Crippen LogP) is 1.39. The van der Waals surface area contributed by atoms with E-state index >= 15 is 0 Å². The lowest BCUT2D eigenvalue weighted by atomic mass is 10.1. The molecule has 0 radical (unpaired) electrons. The van der Waals surface area contributed by atoms with Gasteiger partial charge < -0.3 is 10.6 Å². The van der Waals surface area contributed by atoms with Gasteiger partial charge in [-0.05, 0) is 39.5 Å². The minimum Gasteiger partial charge on any atom is -0.373 e. The Bertz CT molecular complexity index is 267. The van der Waals surface area contributed by atoms with E-state index in [-0.39, 0.29) is 0 Å². The van der Waals surface area contributed by atoms with E-state index < -0.39 is 0 Å². The summed E-state index contributed by atoms with van der Waals surface area (Å²) in [5.41, 5.74) is 0.330. The first kappa shape index (κ1) is 11.8. The van der Waals surface area contributed by atoms with Gasteiger partial charge in [0.15, 0.2) is 0 Å². The van der Waals surface area contributed by atoms with E-state index in [4.69, 9.17) is 0 Å². The number of nitrogens with zero attached hydrogens (tertiary/aromatic N) is 1. The molecule has 2 N–H and O–H groups in total. The van der Waals surface area contributed by atoms with Gasteiger partial charge >= 0.3 is 0 Å². The molecule has 1 saturated heterocycles. The fraction of sp³-hybridized carbons (Fsp3) is 0.846. The maximum absolute atomic E-state index is 3.98. The summed E-state index contributed by atoms with van der Waals surface area (Å²) in [7, 11) is 0. The van der Waals surface area contributed by atoms with Gasteiger partial charge in [0.05, 0.1) is 5.82 Å². The monoisotopic (exact) mass is 223 g/mol. The van der Waals surface area contributed by atoms with Gasteiger partial charge in [-0.3, -0.25) is 4.90 Å². The van der Waals surface area contributed by atoms with Crippen molar-refractivity contribution in [2.45, 2.75) is 39.3 Å².